The van der Waals surface area contributed by atoms with Gasteiger partial charge in [-0.3, -0.25) is 4.79 Å². The van der Waals surface area contributed by atoms with Crippen molar-refractivity contribution in [3.05, 3.63) is 65.4 Å². The monoisotopic (exact) mass is 407 g/mol. The van der Waals surface area contributed by atoms with Crippen LogP contribution in [0.1, 0.15) is 30.5 Å². The third kappa shape index (κ3) is 5.41. The van der Waals surface area contributed by atoms with Crippen molar-refractivity contribution in [1.82, 2.24) is 10.3 Å². The zero-order valence-electron chi connectivity index (χ0n) is 17.9. The Morgan fingerprint density at radius 2 is 1.87 bits per heavy atom. The quantitative estimate of drug-likeness (QED) is 0.530. The van der Waals surface area contributed by atoms with Gasteiger partial charge in [-0.15, -0.1) is 0 Å². The second-order valence-electron chi connectivity index (χ2n) is 8.06. The number of nitrogens with one attached hydrogen (secondary N) is 3. The van der Waals surface area contributed by atoms with Crippen LogP contribution in [-0.4, -0.2) is 29.6 Å². The van der Waals surface area contributed by atoms with Crippen molar-refractivity contribution in [2.75, 3.05) is 11.9 Å². The van der Waals surface area contributed by atoms with E-state index in [0.717, 1.165) is 33.3 Å². The lowest BCUT2D eigenvalue weighted by Gasteiger charge is -2.19. The summed E-state index contributed by atoms with van der Waals surface area (Å²) in [7, 11) is 0. The highest BCUT2D eigenvalue weighted by atomic mass is 16.5. The molecule has 0 bridgehead atoms. The molecule has 6 heteroatoms. The number of rotatable bonds is 7. The van der Waals surface area contributed by atoms with Crippen LogP contribution in [0.2, 0.25) is 0 Å². The summed E-state index contributed by atoms with van der Waals surface area (Å²) in [6.07, 6.45) is 1.63. The molecule has 1 aromatic heterocycles. The Balaban J connectivity index is 1.81. The van der Waals surface area contributed by atoms with Crippen molar-refractivity contribution < 1.29 is 14.3 Å². The summed E-state index contributed by atoms with van der Waals surface area (Å²) >= 11 is 0. The van der Waals surface area contributed by atoms with Crippen molar-refractivity contribution in [3.63, 3.8) is 0 Å². The first-order valence-electron chi connectivity index (χ1n) is 10.2. The molecule has 6 nitrogen and oxygen atoms in total. The summed E-state index contributed by atoms with van der Waals surface area (Å²) in [6.45, 7) is 8.13. The molecule has 0 aliphatic rings. The lowest BCUT2D eigenvalue weighted by atomic mass is 10.0. The first-order chi connectivity index (χ1) is 14.3. The van der Waals surface area contributed by atoms with Crippen LogP contribution < -0.4 is 10.6 Å². The van der Waals surface area contributed by atoms with Gasteiger partial charge in [0.1, 0.15) is 6.04 Å². The highest BCUT2D eigenvalue weighted by Crippen LogP contribution is 2.21. The largest absolute Gasteiger partial charge is 0.449 e. The van der Waals surface area contributed by atoms with Gasteiger partial charge in [-0.25, -0.2) is 4.79 Å². The number of para-hydroxylation sites is 1. The molecule has 0 aliphatic heterocycles. The number of ether oxygens (including phenoxy) is 1. The number of amides is 2. The Kier molecular flexibility index (Phi) is 6.77. The number of carbonyl (C=O) groups excluding carboxylic acids is 2. The van der Waals surface area contributed by atoms with E-state index in [0.29, 0.717) is 13.0 Å². The predicted octanol–water partition coefficient (Wildman–Crippen LogP) is 4.72. The van der Waals surface area contributed by atoms with E-state index in [2.05, 4.69) is 15.6 Å². The molecule has 0 aliphatic carbocycles. The molecule has 0 fully saturated rings. The lowest BCUT2D eigenvalue weighted by molar-refractivity contribution is -0.118. The number of carbonyl (C=O) groups is 2. The van der Waals surface area contributed by atoms with Crippen LogP contribution in [0, 0.1) is 19.8 Å². The van der Waals surface area contributed by atoms with Gasteiger partial charge in [-0.05, 0) is 48.6 Å². The lowest BCUT2D eigenvalue weighted by Crippen LogP contribution is -2.45. The Morgan fingerprint density at radius 3 is 2.63 bits per heavy atom. The van der Waals surface area contributed by atoms with Gasteiger partial charge in [0.2, 0.25) is 5.91 Å². The molecule has 0 radical (unpaired) electrons. The van der Waals surface area contributed by atoms with Crippen LogP contribution in [0.4, 0.5) is 10.5 Å². The summed E-state index contributed by atoms with van der Waals surface area (Å²) in [5, 5.41) is 6.73. The number of aromatic nitrogens is 1. The Hall–Kier alpha value is -3.28. The third-order valence-corrected chi connectivity index (χ3v) is 4.91. The van der Waals surface area contributed by atoms with Crippen molar-refractivity contribution in [1.29, 1.82) is 0 Å². The standard InChI is InChI=1S/C24H29N3O3/c1-15(2)14-30-24(29)27-22(12-18-13-25-20-8-6-5-7-19(18)20)23(28)26-21-11-16(3)9-10-17(21)4/h5-11,13,15,22,25H,12,14H2,1-4H3,(H,26,28)(H,27,29)/t22-/m1/s1. The highest BCUT2D eigenvalue weighted by Gasteiger charge is 2.24. The number of aromatic amines is 1. The van der Waals surface area contributed by atoms with E-state index in [4.69, 9.17) is 4.74 Å². The molecule has 0 saturated carbocycles. The molecule has 0 spiro atoms. The van der Waals surface area contributed by atoms with Crippen LogP contribution in [0.15, 0.2) is 48.7 Å². The molecule has 2 aromatic carbocycles. The maximum absolute atomic E-state index is 13.1. The van der Waals surface area contributed by atoms with E-state index >= 15 is 0 Å². The van der Waals surface area contributed by atoms with Crippen LogP contribution >= 0.6 is 0 Å². The molecular formula is C24H29N3O3. The number of aryl methyl sites for hydroxylation is 2. The number of hydrogen-bond donors (Lipinski definition) is 3. The average Bonchev–Trinajstić information content (AvgIpc) is 3.11. The van der Waals surface area contributed by atoms with Gasteiger partial charge >= 0.3 is 6.09 Å². The predicted molar refractivity (Wildman–Crippen MR) is 120 cm³/mol. The van der Waals surface area contributed by atoms with Gasteiger partial charge in [0, 0.05) is 29.2 Å². The highest BCUT2D eigenvalue weighted by molar-refractivity contribution is 5.98. The molecule has 3 aromatic rings. The summed E-state index contributed by atoms with van der Waals surface area (Å²) in [4.78, 5) is 28.6. The van der Waals surface area contributed by atoms with Crippen LogP contribution in [0.5, 0.6) is 0 Å². The Morgan fingerprint density at radius 1 is 1.10 bits per heavy atom. The van der Waals surface area contributed by atoms with Crippen molar-refractivity contribution in [2.45, 2.75) is 40.2 Å². The van der Waals surface area contributed by atoms with E-state index in [1.54, 1.807) is 0 Å². The van der Waals surface area contributed by atoms with E-state index < -0.39 is 12.1 Å². The van der Waals surface area contributed by atoms with Gasteiger partial charge in [-0.2, -0.15) is 0 Å². The minimum Gasteiger partial charge on any atom is -0.449 e. The van der Waals surface area contributed by atoms with Crippen molar-refractivity contribution >= 4 is 28.6 Å². The molecular weight excluding hydrogens is 378 g/mol. The summed E-state index contributed by atoms with van der Waals surface area (Å²) in [6, 6.07) is 13.0. The van der Waals surface area contributed by atoms with Gasteiger partial charge in [-0.1, -0.05) is 44.2 Å². The Bertz CT molecular complexity index is 1040. The van der Waals surface area contributed by atoms with E-state index in [1.165, 1.54) is 0 Å². The number of hydrogen-bond acceptors (Lipinski definition) is 3. The summed E-state index contributed by atoms with van der Waals surface area (Å²) < 4.78 is 5.25. The smallest absolute Gasteiger partial charge is 0.407 e. The molecule has 1 heterocycles. The molecule has 30 heavy (non-hydrogen) atoms. The van der Waals surface area contributed by atoms with Crippen LogP contribution in [-0.2, 0) is 16.0 Å². The van der Waals surface area contributed by atoms with Gasteiger partial charge < -0.3 is 20.4 Å². The number of anilines is 1. The number of fused-ring (bicyclic) bond motifs is 1. The van der Waals surface area contributed by atoms with Gasteiger partial charge in [0.15, 0.2) is 0 Å². The molecule has 0 saturated heterocycles. The molecule has 2 amide bonds. The fraction of sp³-hybridized carbons (Fsp3) is 0.333. The molecule has 158 valence electrons. The second kappa shape index (κ2) is 9.48. The second-order valence-corrected chi connectivity index (χ2v) is 8.06. The molecule has 0 unspecified atom stereocenters. The summed E-state index contributed by atoms with van der Waals surface area (Å²) in [5.41, 5.74) is 4.69. The topological polar surface area (TPSA) is 83.2 Å². The maximum Gasteiger partial charge on any atom is 0.407 e. The Labute approximate surface area is 177 Å². The van der Waals surface area contributed by atoms with E-state index in [9.17, 15) is 9.59 Å². The van der Waals surface area contributed by atoms with Crippen LogP contribution in [0.25, 0.3) is 10.9 Å². The fourth-order valence-electron chi connectivity index (χ4n) is 3.25. The number of benzene rings is 2. The number of H-pyrrole nitrogens is 1. The normalized spacial score (nSPS) is 12.0. The van der Waals surface area contributed by atoms with Crippen molar-refractivity contribution in [2.24, 2.45) is 5.92 Å². The van der Waals surface area contributed by atoms with Crippen molar-refractivity contribution in [3.8, 4) is 0 Å². The first-order valence-corrected chi connectivity index (χ1v) is 10.2. The van der Waals surface area contributed by atoms with Gasteiger partial charge in [0.25, 0.3) is 0 Å². The minimum atomic E-state index is -0.774. The van der Waals surface area contributed by atoms with Crippen LogP contribution in [0.3, 0.4) is 0 Å². The third-order valence-electron chi connectivity index (χ3n) is 4.91. The molecule has 1 atom stereocenters. The zero-order valence-corrected chi connectivity index (χ0v) is 17.9. The van der Waals surface area contributed by atoms with Gasteiger partial charge in [0.05, 0.1) is 6.61 Å². The minimum absolute atomic E-state index is 0.214. The fourth-order valence-corrected chi connectivity index (χ4v) is 3.25. The van der Waals surface area contributed by atoms with E-state index in [1.807, 2.05) is 76.4 Å². The molecule has 3 rings (SSSR count). The first kappa shape index (κ1) is 21.4. The number of alkyl carbamates (subject to hydrolysis) is 1. The zero-order chi connectivity index (χ0) is 21.7. The summed E-state index contributed by atoms with van der Waals surface area (Å²) in [5.74, 6) is -0.0675. The molecule has 3 N–H and O–H groups in total. The SMILES string of the molecule is Cc1ccc(C)c(NC(=O)[C@@H](Cc2c[nH]c3ccccc23)NC(=O)OCC(C)C)c1. The van der Waals surface area contributed by atoms with E-state index in [-0.39, 0.29) is 11.8 Å². The average molecular weight is 408 g/mol. The maximum atomic E-state index is 13.1.